The minimum Gasteiger partial charge on any atom is -0.371 e. The summed E-state index contributed by atoms with van der Waals surface area (Å²) in [7, 11) is 1.57. The van der Waals surface area contributed by atoms with E-state index in [1.165, 1.54) is 12.1 Å². The quantitative estimate of drug-likeness (QED) is 0.869. The predicted molar refractivity (Wildman–Crippen MR) is 61.7 cm³/mol. The van der Waals surface area contributed by atoms with E-state index in [4.69, 9.17) is 0 Å². The van der Waals surface area contributed by atoms with Gasteiger partial charge in [-0.05, 0) is 19.1 Å². The molecule has 1 N–H and O–H groups in total. The summed E-state index contributed by atoms with van der Waals surface area (Å²) in [6.07, 6.45) is 0. The SMILES string of the molecule is CNc1nc(-c2cccc(F)c2)nc(C)c1F. The highest BCUT2D eigenvalue weighted by Crippen LogP contribution is 2.21. The number of hydrogen-bond donors (Lipinski definition) is 1. The summed E-state index contributed by atoms with van der Waals surface area (Å²) in [5.74, 6) is -0.462. The molecule has 0 spiro atoms. The van der Waals surface area contributed by atoms with Gasteiger partial charge in [0.15, 0.2) is 17.5 Å². The predicted octanol–water partition coefficient (Wildman–Crippen LogP) is 2.77. The van der Waals surface area contributed by atoms with Crippen molar-refractivity contribution in [2.75, 3.05) is 12.4 Å². The van der Waals surface area contributed by atoms with Gasteiger partial charge in [-0.15, -0.1) is 0 Å². The van der Waals surface area contributed by atoms with Gasteiger partial charge < -0.3 is 5.32 Å². The number of nitrogens with zero attached hydrogens (tertiary/aromatic N) is 2. The molecule has 0 saturated carbocycles. The summed E-state index contributed by atoms with van der Waals surface area (Å²) >= 11 is 0. The van der Waals surface area contributed by atoms with E-state index in [-0.39, 0.29) is 17.3 Å². The van der Waals surface area contributed by atoms with Gasteiger partial charge in [0.25, 0.3) is 0 Å². The number of rotatable bonds is 2. The van der Waals surface area contributed by atoms with Gasteiger partial charge in [0, 0.05) is 12.6 Å². The topological polar surface area (TPSA) is 37.8 Å². The lowest BCUT2D eigenvalue weighted by Crippen LogP contribution is -2.03. The normalized spacial score (nSPS) is 10.4. The van der Waals surface area contributed by atoms with E-state index in [1.54, 1.807) is 26.1 Å². The second-order valence-corrected chi connectivity index (χ2v) is 3.56. The molecule has 0 aliphatic heterocycles. The Labute approximate surface area is 97.5 Å². The van der Waals surface area contributed by atoms with Gasteiger partial charge >= 0.3 is 0 Å². The van der Waals surface area contributed by atoms with E-state index in [0.717, 1.165) is 0 Å². The zero-order valence-electron chi connectivity index (χ0n) is 9.46. The Morgan fingerprint density at radius 2 is 1.94 bits per heavy atom. The second kappa shape index (κ2) is 4.45. The van der Waals surface area contributed by atoms with Crippen LogP contribution in [0.5, 0.6) is 0 Å². The number of hydrogen-bond acceptors (Lipinski definition) is 3. The fourth-order valence-corrected chi connectivity index (χ4v) is 1.48. The van der Waals surface area contributed by atoms with Gasteiger partial charge in [-0.2, -0.15) is 0 Å². The van der Waals surface area contributed by atoms with Crippen LogP contribution >= 0.6 is 0 Å². The zero-order chi connectivity index (χ0) is 12.4. The Hall–Kier alpha value is -2.04. The van der Waals surface area contributed by atoms with Crippen molar-refractivity contribution < 1.29 is 8.78 Å². The second-order valence-electron chi connectivity index (χ2n) is 3.56. The standard InChI is InChI=1S/C12H11F2N3/c1-7-10(14)12(15-2)17-11(16-7)8-4-3-5-9(13)6-8/h3-6H,1-2H3,(H,15,16,17). The van der Waals surface area contributed by atoms with Crippen LogP contribution in [0.3, 0.4) is 0 Å². The molecular formula is C12H11F2N3. The van der Waals surface area contributed by atoms with E-state index < -0.39 is 5.82 Å². The molecule has 0 atom stereocenters. The molecule has 0 saturated heterocycles. The molecule has 1 aromatic carbocycles. The van der Waals surface area contributed by atoms with Crippen LogP contribution in [0.4, 0.5) is 14.6 Å². The molecule has 17 heavy (non-hydrogen) atoms. The average molecular weight is 235 g/mol. The molecule has 5 heteroatoms. The fraction of sp³-hybridized carbons (Fsp3) is 0.167. The van der Waals surface area contributed by atoms with Gasteiger partial charge in [0.2, 0.25) is 0 Å². The van der Waals surface area contributed by atoms with Crippen molar-refractivity contribution in [3.05, 3.63) is 41.6 Å². The highest BCUT2D eigenvalue weighted by atomic mass is 19.1. The molecule has 2 rings (SSSR count). The molecule has 1 heterocycles. The molecule has 3 nitrogen and oxygen atoms in total. The molecule has 88 valence electrons. The van der Waals surface area contributed by atoms with Crippen molar-refractivity contribution in [2.45, 2.75) is 6.92 Å². The van der Waals surface area contributed by atoms with Crippen molar-refractivity contribution >= 4 is 5.82 Å². The molecule has 1 aromatic heterocycles. The smallest absolute Gasteiger partial charge is 0.186 e. The van der Waals surface area contributed by atoms with Crippen LogP contribution in [0.15, 0.2) is 24.3 Å². The molecule has 0 bridgehead atoms. The minimum absolute atomic E-state index is 0.108. The molecular weight excluding hydrogens is 224 g/mol. The number of benzene rings is 1. The maximum atomic E-state index is 13.5. The summed E-state index contributed by atoms with van der Waals surface area (Å²) in [5.41, 5.74) is 0.744. The first-order valence-corrected chi connectivity index (χ1v) is 5.09. The molecule has 2 aromatic rings. The third-order valence-corrected chi connectivity index (χ3v) is 2.34. The maximum absolute atomic E-state index is 13.5. The van der Waals surface area contributed by atoms with Gasteiger partial charge in [-0.25, -0.2) is 18.7 Å². The Morgan fingerprint density at radius 3 is 2.59 bits per heavy atom. The number of anilines is 1. The number of nitrogens with one attached hydrogen (secondary N) is 1. The summed E-state index contributed by atoms with van der Waals surface area (Å²) < 4.78 is 26.6. The van der Waals surface area contributed by atoms with E-state index >= 15 is 0 Å². The van der Waals surface area contributed by atoms with Gasteiger partial charge in [0.1, 0.15) is 5.82 Å². The number of halogens is 2. The Bertz CT molecular complexity index is 555. The highest BCUT2D eigenvalue weighted by molar-refractivity contribution is 5.57. The van der Waals surface area contributed by atoms with Crippen LogP contribution in [0.2, 0.25) is 0 Å². The molecule has 0 aliphatic carbocycles. The van der Waals surface area contributed by atoms with Crippen molar-refractivity contribution in [1.82, 2.24) is 9.97 Å². The third-order valence-electron chi connectivity index (χ3n) is 2.34. The van der Waals surface area contributed by atoms with E-state index in [2.05, 4.69) is 15.3 Å². The van der Waals surface area contributed by atoms with Gasteiger partial charge in [0.05, 0.1) is 5.69 Å². The van der Waals surface area contributed by atoms with E-state index in [1.807, 2.05) is 0 Å². The summed E-state index contributed by atoms with van der Waals surface area (Å²) in [5, 5.41) is 2.64. The number of aryl methyl sites for hydroxylation is 1. The summed E-state index contributed by atoms with van der Waals surface area (Å²) in [4.78, 5) is 8.00. The van der Waals surface area contributed by atoms with Crippen molar-refractivity contribution in [3.8, 4) is 11.4 Å². The summed E-state index contributed by atoms with van der Waals surface area (Å²) in [6, 6.07) is 5.88. The third kappa shape index (κ3) is 2.22. The maximum Gasteiger partial charge on any atom is 0.186 e. The van der Waals surface area contributed by atoms with Crippen molar-refractivity contribution in [2.24, 2.45) is 0 Å². The van der Waals surface area contributed by atoms with Gasteiger partial charge in [-0.3, -0.25) is 0 Å². The molecule has 0 fully saturated rings. The van der Waals surface area contributed by atoms with Crippen molar-refractivity contribution in [1.29, 1.82) is 0 Å². The molecule has 0 radical (unpaired) electrons. The Balaban J connectivity index is 2.56. The summed E-state index contributed by atoms with van der Waals surface area (Å²) in [6.45, 7) is 1.54. The zero-order valence-corrected chi connectivity index (χ0v) is 9.46. The molecule has 0 unspecified atom stereocenters. The average Bonchev–Trinajstić information content (AvgIpc) is 2.32. The fourth-order valence-electron chi connectivity index (χ4n) is 1.48. The van der Waals surface area contributed by atoms with E-state index in [0.29, 0.717) is 11.4 Å². The number of aromatic nitrogens is 2. The van der Waals surface area contributed by atoms with Gasteiger partial charge in [-0.1, -0.05) is 12.1 Å². The van der Waals surface area contributed by atoms with Crippen LogP contribution in [-0.2, 0) is 0 Å². The largest absolute Gasteiger partial charge is 0.371 e. The molecule has 0 amide bonds. The molecule has 0 aliphatic rings. The first-order chi connectivity index (χ1) is 8.11. The first kappa shape index (κ1) is 11.4. The first-order valence-electron chi connectivity index (χ1n) is 5.09. The van der Waals surface area contributed by atoms with Crippen LogP contribution in [0.25, 0.3) is 11.4 Å². The lowest BCUT2D eigenvalue weighted by Gasteiger charge is -2.07. The Morgan fingerprint density at radius 1 is 1.18 bits per heavy atom. The monoisotopic (exact) mass is 235 g/mol. The van der Waals surface area contributed by atoms with E-state index in [9.17, 15) is 8.78 Å². The lowest BCUT2D eigenvalue weighted by atomic mass is 10.2. The Kier molecular flexibility index (Phi) is 2.99. The van der Waals surface area contributed by atoms with Crippen LogP contribution < -0.4 is 5.32 Å². The highest BCUT2D eigenvalue weighted by Gasteiger charge is 2.11. The van der Waals surface area contributed by atoms with Crippen LogP contribution in [-0.4, -0.2) is 17.0 Å². The lowest BCUT2D eigenvalue weighted by molar-refractivity contribution is 0.607. The minimum atomic E-state index is -0.493. The van der Waals surface area contributed by atoms with Crippen molar-refractivity contribution in [3.63, 3.8) is 0 Å². The van der Waals surface area contributed by atoms with Crippen LogP contribution in [0, 0.1) is 18.6 Å². The van der Waals surface area contributed by atoms with Crippen LogP contribution in [0.1, 0.15) is 5.69 Å².